The molecule has 0 radical (unpaired) electrons. The van der Waals surface area contributed by atoms with Gasteiger partial charge in [0.15, 0.2) is 0 Å². The number of allylic oxidation sites excluding steroid dienone is 1. The number of hydrogen-bond acceptors (Lipinski definition) is 3. The van der Waals surface area contributed by atoms with Gasteiger partial charge in [0.05, 0.1) is 17.6 Å². The predicted molar refractivity (Wildman–Crippen MR) is 112 cm³/mol. The topological polar surface area (TPSA) is 49.8 Å². The first-order valence-electron chi connectivity index (χ1n) is 10.5. The highest BCUT2D eigenvalue weighted by atomic mass is 31.0. The number of fused-ring (bicyclic) bond motifs is 1. The summed E-state index contributed by atoms with van der Waals surface area (Å²) in [6.07, 6.45) is 11.5. The summed E-state index contributed by atoms with van der Waals surface area (Å²) >= 11 is 0. The van der Waals surface area contributed by atoms with E-state index in [-0.39, 0.29) is 34.4 Å². The van der Waals surface area contributed by atoms with Gasteiger partial charge in [-0.3, -0.25) is 4.79 Å². The highest BCUT2D eigenvalue weighted by Crippen LogP contribution is 2.61. The third kappa shape index (κ3) is 3.63. The zero-order valence-electron chi connectivity index (χ0n) is 17.7. The fourth-order valence-electron chi connectivity index (χ4n) is 6.38. The summed E-state index contributed by atoms with van der Waals surface area (Å²) < 4.78 is 5.70. The Hall–Kier alpha value is -0.440. The molecular weight excluding hydrogens is 357 g/mol. The molecule has 0 aromatic carbocycles. The summed E-state index contributed by atoms with van der Waals surface area (Å²) in [5.41, 5.74) is -0.167. The molecule has 27 heavy (non-hydrogen) atoms. The van der Waals surface area contributed by atoms with Crippen molar-refractivity contribution in [1.29, 1.82) is 0 Å². The number of carbonyl (C=O) groups excluding carboxylic acids is 1. The van der Waals surface area contributed by atoms with E-state index in [4.69, 9.17) is 4.52 Å². The Morgan fingerprint density at radius 1 is 1.26 bits per heavy atom. The molecule has 6 atom stereocenters. The minimum Gasteiger partial charge on any atom is -0.393 e. The Balaban J connectivity index is 1.78. The van der Waals surface area contributed by atoms with Crippen LogP contribution in [0.15, 0.2) is 12.2 Å². The van der Waals surface area contributed by atoms with Gasteiger partial charge in [0.1, 0.15) is 0 Å². The van der Waals surface area contributed by atoms with Crippen LogP contribution in [-0.2, 0) is 9.32 Å². The Labute approximate surface area is 167 Å². The zero-order chi connectivity index (χ0) is 20.0. The molecule has 154 valence electrons. The first-order valence-corrected chi connectivity index (χ1v) is 11.0. The molecule has 0 aliphatic heterocycles. The fraction of sp³-hybridized carbons (Fsp3) is 0.864. The number of amides is 1. The summed E-state index contributed by atoms with van der Waals surface area (Å²) in [7, 11) is 6.01. The molecule has 0 aromatic heterocycles. The molecule has 0 spiro atoms. The van der Waals surface area contributed by atoms with Crippen molar-refractivity contribution in [2.45, 2.75) is 77.9 Å². The summed E-state index contributed by atoms with van der Waals surface area (Å²) in [6, 6.07) is 0. The standard InChI is InChI=1S/C22H38NO3P/c1-20(2,17-9-8-15-16(24)7-6-11-21(15,17)3)12-10-18(26-27)22(13-14-22)19(25)23(4)5/h10,12,15-18,24H,6-9,11,13-14,27H2,1-5H3/b12-10+. The van der Waals surface area contributed by atoms with Gasteiger partial charge >= 0.3 is 0 Å². The monoisotopic (exact) mass is 395 g/mol. The van der Waals surface area contributed by atoms with Crippen LogP contribution in [0.3, 0.4) is 0 Å². The van der Waals surface area contributed by atoms with Crippen LogP contribution < -0.4 is 0 Å². The van der Waals surface area contributed by atoms with Crippen molar-refractivity contribution >= 4 is 15.4 Å². The van der Waals surface area contributed by atoms with Gasteiger partial charge in [-0.25, -0.2) is 0 Å². The van der Waals surface area contributed by atoms with Crippen LogP contribution in [0.1, 0.15) is 65.7 Å². The molecule has 3 fully saturated rings. The number of carbonyl (C=O) groups is 1. The molecule has 4 nitrogen and oxygen atoms in total. The summed E-state index contributed by atoms with van der Waals surface area (Å²) in [4.78, 5) is 14.3. The maximum Gasteiger partial charge on any atom is 0.231 e. The van der Waals surface area contributed by atoms with E-state index in [1.165, 1.54) is 12.8 Å². The van der Waals surface area contributed by atoms with Crippen molar-refractivity contribution in [2.24, 2.45) is 28.1 Å². The van der Waals surface area contributed by atoms with Gasteiger partial charge in [-0.05, 0) is 61.2 Å². The molecule has 3 aliphatic carbocycles. The van der Waals surface area contributed by atoms with Crippen molar-refractivity contribution in [2.75, 3.05) is 14.1 Å². The largest absolute Gasteiger partial charge is 0.393 e. The lowest BCUT2D eigenvalue weighted by Crippen LogP contribution is -2.43. The normalized spacial score (nSPS) is 36.5. The molecule has 0 bridgehead atoms. The number of rotatable bonds is 6. The Kier molecular flexibility index (Phi) is 5.85. The van der Waals surface area contributed by atoms with Crippen molar-refractivity contribution < 1.29 is 14.4 Å². The van der Waals surface area contributed by atoms with E-state index in [9.17, 15) is 9.90 Å². The van der Waals surface area contributed by atoms with E-state index < -0.39 is 0 Å². The molecular formula is C22H38NO3P. The maximum absolute atomic E-state index is 12.7. The average molecular weight is 396 g/mol. The van der Waals surface area contributed by atoms with E-state index in [0.717, 1.165) is 32.1 Å². The SMILES string of the molecule is CN(C)C(=O)C1(C(/C=C/C(C)(C)C2CCC3C(O)CCCC32C)OP)CC1. The first-order chi connectivity index (χ1) is 12.6. The number of nitrogens with zero attached hydrogens (tertiary/aromatic N) is 1. The van der Waals surface area contributed by atoms with Gasteiger partial charge in [0, 0.05) is 23.6 Å². The van der Waals surface area contributed by atoms with Crippen LogP contribution in [0.25, 0.3) is 0 Å². The van der Waals surface area contributed by atoms with Gasteiger partial charge in [-0.15, -0.1) is 0 Å². The fourth-order valence-corrected chi connectivity index (χ4v) is 6.73. The smallest absolute Gasteiger partial charge is 0.231 e. The number of aliphatic hydroxyl groups excluding tert-OH is 1. The number of hydrogen-bond donors (Lipinski definition) is 1. The zero-order valence-corrected chi connectivity index (χ0v) is 18.9. The second kappa shape index (κ2) is 7.43. The van der Waals surface area contributed by atoms with E-state index >= 15 is 0 Å². The molecule has 6 unspecified atom stereocenters. The van der Waals surface area contributed by atoms with Crippen molar-refractivity contribution in [1.82, 2.24) is 4.90 Å². The predicted octanol–water partition coefficient (Wildman–Crippen LogP) is 4.19. The van der Waals surface area contributed by atoms with Crippen molar-refractivity contribution in [3.05, 3.63) is 12.2 Å². The molecule has 0 heterocycles. The average Bonchev–Trinajstić information content (AvgIpc) is 3.30. The highest BCUT2D eigenvalue weighted by Gasteiger charge is 2.57. The van der Waals surface area contributed by atoms with Gasteiger partial charge in [0.2, 0.25) is 5.91 Å². The lowest BCUT2D eigenvalue weighted by atomic mass is 9.58. The van der Waals surface area contributed by atoms with Crippen LogP contribution in [-0.4, -0.2) is 42.2 Å². The Bertz CT molecular complexity index is 598. The van der Waals surface area contributed by atoms with Crippen LogP contribution >= 0.6 is 9.47 Å². The minimum absolute atomic E-state index is 0.0131. The molecule has 3 rings (SSSR count). The van der Waals surface area contributed by atoms with Gasteiger partial charge in [-0.2, -0.15) is 0 Å². The molecule has 1 amide bonds. The third-order valence-corrected chi connectivity index (χ3v) is 8.29. The second-order valence-electron chi connectivity index (χ2n) is 10.3. The van der Waals surface area contributed by atoms with Crippen LogP contribution in [0.2, 0.25) is 0 Å². The molecule has 3 saturated carbocycles. The summed E-state index contributed by atoms with van der Waals surface area (Å²) in [5.74, 6) is 1.15. The number of aliphatic hydroxyl groups is 1. The third-order valence-electron chi connectivity index (χ3n) is 8.00. The van der Waals surface area contributed by atoms with Crippen LogP contribution in [0.4, 0.5) is 0 Å². The van der Waals surface area contributed by atoms with E-state index in [1.54, 1.807) is 4.90 Å². The van der Waals surface area contributed by atoms with Crippen LogP contribution in [0.5, 0.6) is 0 Å². The molecule has 1 N–H and O–H groups in total. The van der Waals surface area contributed by atoms with Gasteiger partial charge in [-0.1, -0.05) is 39.3 Å². The molecule has 3 aliphatic rings. The molecule has 0 saturated heterocycles. The van der Waals surface area contributed by atoms with Gasteiger partial charge in [0.25, 0.3) is 0 Å². The lowest BCUT2D eigenvalue weighted by Gasteiger charge is -2.48. The van der Waals surface area contributed by atoms with Crippen molar-refractivity contribution in [3.8, 4) is 0 Å². The van der Waals surface area contributed by atoms with Crippen molar-refractivity contribution in [3.63, 3.8) is 0 Å². The lowest BCUT2D eigenvalue weighted by molar-refractivity contribution is -0.136. The maximum atomic E-state index is 12.7. The summed E-state index contributed by atoms with van der Waals surface area (Å²) in [5, 5.41) is 10.5. The van der Waals surface area contributed by atoms with Crippen LogP contribution in [0, 0.1) is 28.1 Å². The second-order valence-corrected chi connectivity index (χ2v) is 10.6. The Morgan fingerprint density at radius 3 is 2.48 bits per heavy atom. The Morgan fingerprint density at radius 2 is 1.93 bits per heavy atom. The van der Waals surface area contributed by atoms with E-state index in [1.807, 2.05) is 14.1 Å². The van der Waals surface area contributed by atoms with Gasteiger partial charge < -0.3 is 14.5 Å². The minimum atomic E-state index is -0.388. The quantitative estimate of drug-likeness (QED) is 0.542. The molecule has 5 heteroatoms. The van der Waals surface area contributed by atoms with E-state index in [0.29, 0.717) is 11.8 Å². The molecule has 0 aromatic rings. The summed E-state index contributed by atoms with van der Waals surface area (Å²) in [6.45, 7) is 7.03. The van der Waals surface area contributed by atoms with E-state index in [2.05, 4.69) is 42.4 Å². The highest BCUT2D eigenvalue weighted by molar-refractivity contribution is 7.09. The first kappa shape index (κ1) is 21.3.